The number of aromatic hydroxyl groups is 1. The van der Waals surface area contributed by atoms with E-state index < -0.39 is 5.91 Å². The van der Waals surface area contributed by atoms with Crippen LogP contribution in [0, 0.1) is 0 Å². The molecule has 0 spiro atoms. The van der Waals surface area contributed by atoms with Crippen molar-refractivity contribution >= 4 is 17.8 Å². The van der Waals surface area contributed by atoms with E-state index in [4.69, 9.17) is 0 Å². The number of nitrogens with one attached hydrogen (secondary N) is 1. The van der Waals surface area contributed by atoms with Gasteiger partial charge in [0.1, 0.15) is 5.75 Å². The monoisotopic (exact) mass is 379 g/mol. The molecule has 2 aromatic rings. The second-order valence-corrected chi connectivity index (χ2v) is 8.42. The third-order valence-corrected chi connectivity index (χ3v) is 5.34. The SMILES string of the molecule is CC(C)N1c2ccc(/C=N/NC(=O)c3ccccc3O)cc2[C@@H](C)CC1(C)C. The van der Waals surface area contributed by atoms with Crippen LogP contribution in [-0.4, -0.2) is 28.8 Å². The van der Waals surface area contributed by atoms with Gasteiger partial charge in [-0.25, -0.2) is 5.43 Å². The molecular weight excluding hydrogens is 350 g/mol. The lowest BCUT2D eigenvalue weighted by atomic mass is 9.79. The number of carbonyl (C=O) groups is 1. The van der Waals surface area contributed by atoms with Crippen LogP contribution in [0.15, 0.2) is 47.6 Å². The Morgan fingerprint density at radius 1 is 1.29 bits per heavy atom. The van der Waals surface area contributed by atoms with E-state index >= 15 is 0 Å². The van der Waals surface area contributed by atoms with Gasteiger partial charge in [0.25, 0.3) is 5.91 Å². The molecule has 0 unspecified atom stereocenters. The summed E-state index contributed by atoms with van der Waals surface area (Å²) in [7, 11) is 0. The van der Waals surface area contributed by atoms with Gasteiger partial charge in [0, 0.05) is 17.3 Å². The molecule has 1 heterocycles. The molecule has 0 bridgehead atoms. The number of nitrogens with zero attached hydrogens (tertiary/aromatic N) is 2. The van der Waals surface area contributed by atoms with Crippen LogP contribution in [0.5, 0.6) is 5.75 Å². The van der Waals surface area contributed by atoms with Crippen LogP contribution in [0.2, 0.25) is 0 Å². The molecule has 1 atom stereocenters. The van der Waals surface area contributed by atoms with Crippen molar-refractivity contribution in [3.05, 3.63) is 59.2 Å². The third-order valence-electron chi connectivity index (χ3n) is 5.34. The van der Waals surface area contributed by atoms with E-state index in [1.54, 1.807) is 24.4 Å². The molecule has 0 fully saturated rings. The Labute approximate surface area is 167 Å². The zero-order chi connectivity index (χ0) is 20.5. The van der Waals surface area contributed by atoms with Crippen molar-refractivity contribution in [2.24, 2.45) is 5.10 Å². The molecule has 2 N–H and O–H groups in total. The Morgan fingerprint density at radius 3 is 2.68 bits per heavy atom. The lowest BCUT2D eigenvalue weighted by Gasteiger charge is -2.50. The highest BCUT2D eigenvalue weighted by atomic mass is 16.3. The summed E-state index contributed by atoms with van der Waals surface area (Å²) >= 11 is 0. The molecule has 1 aliphatic rings. The van der Waals surface area contributed by atoms with E-state index in [0.717, 1.165) is 12.0 Å². The largest absolute Gasteiger partial charge is 0.507 e. The summed E-state index contributed by atoms with van der Waals surface area (Å²) in [5, 5.41) is 13.8. The predicted molar refractivity (Wildman–Crippen MR) is 114 cm³/mol. The summed E-state index contributed by atoms with van der Waals surface area (Å²) in [4.78, 5) is 14.6. The standard InChI is InChI=1S/C23H29N3O2/c1-15(2)26-20-11-10-17(12-19(20)16(3)13-23(26,4)5)14-24-25-22(28)18-8-6-7-9-21(18)27/h6-12,14-16,27H,13H2,1-5H3,(H,25,28)/b24-14+/t16-/m0/s1. The van der Waals surface area contributed by atoms with E-state index in [1.165, 1.54) is 17.3 Å². The molecule has 148 valence electrons. The number of hydrogen-bond donors (Lipinski definition) is 2. The Morgan fingerprint density at radius 2 is 2.00 bits per heavy atom. The average Bonchev–Trinajstić information content (AvgIpc) is 2.61. The first-order valence-corrected chi connectivity index (χ1v) is 9.75. The van der Waals surface area contributed by atoms with E-state index in [9.17, 15) is 9.90 Å². The minimum atomic E-state index is -0.437. The minimum absolute atomic E-state index is 0.0609. The van der Waals surface area contributed by atoms with Gasteiger partial charge in [0.2, 0.25) is 0 Å². The first kappa shape index (κ1) is 19.9. The topological polar surface area (TPSA) is 64.9 Å². The molecule has 28 heavy (non-hydrogen) atoms. The highest BCUT2D eigenvalue weighted by Crippen LogP contribution is 2.44. The molecule has 5 heteroatoms. The van der Waals surface area contributed by atoms with Crippen molar-refractivity contribution in [1.29, 1.82) is 0 Å². The number of hydrazone groups is 1. The number of benzene rings is 2. The van der Waals surface area contributed by atoms with E-state index in [1.807, 2.05) is 6.07 Å². The zero-order valence-electron chi connectivity index (χ0n) is 17.2. The summed E-state index contributed by atoms with van der Waals surface area (Å²) in [5.74, 6) is -0.0492. The molecule has 0 saturated heterocycles. The van der Waals surface area contributed by atoms with Gasteiger partial charge in [0.15, 0.2) is 0 Å². The Bertz CT molecular complexity index is 902. The Hall–Kier alpha value is -2.82. The highest BCUT2D eigenvalue weighted by Gasteiger charge is 2.37. The Kier molecular flexibility index (Phi) is 5.45. The maximum Gasteiger partial charge on any atom is 0.275 e. The molecule has 1 amide bonds. The molecule has 1 aliphatic heterocycles. The first-order valence-electron chi connectivity index (χ1n) is 9.75. The summed E-state index contributed by atoms with van der Waals surface area (Å²) in [6.07, 6.45) is 2.73. The molecule has 0 saturated carbocycles. The number of fused-ring (bicyclic) bond motifs is 1. The van der Waals surface area contributed by atoms with Crippen molar-refractivity contribution in [1.82, 2.24) is 5.43 Å². The molecule has 5 nitrogen and oxygen atoms in total. The van der Waals surface area contributed by atoms with Gasteiger partial charge in [-0.2, -0.15) is 5.10 Å². The summed E-state index contributed by atoms with van der Waals surface area (Å²) < 4.78 is 0. The van der Waals surface area contributed by atoms with Crippen LogP contribution in [0.25, 0.3) is 0 Å². The number of phenols is 1. The number of carbonyl (C=O) groups excluding carboxylic acids is 1. The van der Waals surface area contributed by atoms with Crippen LogP contribution in [0.3, 0.4) is 0 Å². The molecule has 3 rings (SSSR count). The van der Waals surface area contributed by atoms with E-state index in [0.29, 0.717) is 12.0 Å². The third kappa shape index (κ3) is 3.88. The van der Waals surface area contributed by atoms with Crippen LogP contribution in [0.4, 0.5) is 5.69 Å². The lowest BCUT2D eigenvalue weighted by Crippen LogP contribution is -2.51. The van der Waals surface area contributed by atoms with Gasteiger partial charge >= 0.3 is 0 Å². The quantitative estimate of drug-likeness (QED) is 0.600. The van der Waals surface area contributed by atoms with Crippen LogP contribution >= 0.6 is 0 Å². The normalized spacial score (nSPS) is 18.4. The maximum atomic E-state index is 12.1. The van der Waals surface area contributed by atoms with Gasteiger partial charge in [-0.3, -0.25) is 4.79 Å². The highest BCUT2D eigenvalue weighted by molar-refractivity contribution is 5.97. The van der Waals surface area contributed by atoms with Gasteiger partial charge in [0.05, 0.1) is 11.8 Å². The van der Waals surface area contributed by atoms with Crippen LogP contribution in [0.1, 0.15) is 68.4 Å². The van der Waals surface area contributed by atoms with Crippen molar-refractivity contribution in [2.45, 2.75) is 58.5 Å². The second kappa shape index (κ2) is 7.66. The predicted octanol–water partition coefficient (Wildman–Crippen LogP) is 4.66. The number of hydrogen-bond acceptors (Lipinski definition) is 4. The van der Waals surface area contributed by atoms with Crippen molar-refractivity contribution in [3.63, 3.8) is 0 Å². The maximum absolute atomic E-state index is 12.1. The summed E-state index contributed by atoms with van der Waals surface area (Å²) in [6, 6.07) is 13.2. The average molecular weight is 380 g/mol. The van der Waals surface area contributed by atoms with Gasteiger partial charge < -0.3 is 10.0 Å². The fraction of sp³-hybridized carbons (Fsp3) is 0.391. The molecule has 2 aromatic carbocycles. The molecule has 0 radical (unpaired) electrons. The smallest absolute Gasteiger partial charge is 0.275 e. The molecule has 0 aromatic heterocycles. The molecule has 0 aliphatic carbocycles. The number of amides is 1. The van der Waals surface area contributed by atoms with Crippen LogP contribution in [-0.2, 0) is 0 Å². The van der Waals surface area contributed by atoms with Gasteiger partial charge in [-0.1, -0.05) is 25.1 Å². The van der Waals surface area contributed by atoms with Crippen molar-refractivity contribution in [3.8, 4) is 5.75 Å². The first-order chi connectivity index (χ1) is 13.2. The lowest BCUT2D eigenvalue weighted by molar-refractivity contribution is 0.0952. The summed E-state index contributed by atoms with van der Waals surface area (Å²) in [5.41, 5.74) is 6.31. The number of phenolic OH excluding ortho intramolecular Hbond substituents is 1. The van der Waals surface area contributed by atoms with Crippen molar-refractivity contribution in [2.75, 3.05) is 4.90 Å². The number of anilines is 1. The summed E-state index contributed by atoms with van der Waals surface area (Å²) in [6.45, 7) is 11.3. The van der Waals surface area contributed by atoms with Crippen molar-refractivity contribution < 1.29 is 9.90 Å². The van der Waals surface area contributed by atoms with Crippen LogP contribution < -0.4 is 10.3 Å². The number of para-hydroxylation sites is 1. The zero-order valence-corrected chi connectivity index (χ0v) is 17.2. The van der Waals surface area contributed by atoms with Gasteiger partial charge in [-0.15, -0.1) is 0 Å². The number of rotatable bonds is 4. The fourth-order valence-electron chi connectivity index (χ4n) is 4.42. The van der Waals surface area contributed by atoms with E-state index in [2.05, 4.69) is 62.2 Å². The second-order valence-electron chi connectivity index (χ2n) is 8.42. The fourth-order valence-corrected chi connectivity index (χ4v) is 4.42. The minimum Gasteiger partial charge on any atom is -0.507 e. The van der Waals surface area contributed by atoms with E-state index in [-0.39, 0.29) is 16.9 Å². The van der Waals surface area contributed by atoms with Gasteiger partial charge in [-0.05, 0) is 75.4 Å². The Balaban J connectivity index is 1.80. The molecular formula is C23H29N3O2.